The lowest BCUT2D eigenvalue weighted by molar-refractivity contribution is -0.119. The Morgan fingerprint density at radius 1 is 1.73 bits per heavy atom. The van der Waals surface area contributed by atoms with Crippen molar-refractivity contribution < 1.29 is 4.79 Å². The molecule has 0 amide bonds. The van der Waals surface area contributed by atoms with Crippen LogP contribution < -0.4 is 5.32 Å². The molecule has 0 aromatic carbocycles. The standard InChI is InChI=1S/C7H13BN2O/c1-5(11)7-3-6(9-2)4-10(7)8/h6-7,9H,3-4H2,1-2H3. The van der Waals surface area contributed by atoms with E-state index in [9.17, 15) is 4.79 Å². The van der Waals surface area contributed by atoms with E-state index in [0.717, 1.165) is 13.0 Å². The lowest BCUT2D eigenvalue weighted by Crippen LogP contribution is -2.32. The summed E-state index contributed by atoms with van der Waals surface area (Å²) in [5.74, 6) is 0.158. The number of rotatable bonds is 2. The molecule has 0 aromatic rings. The average Bonchev–Trinajstić information content (AvgIpc) is 2.30. The van der Waals surface area contributed by atoms with E-state index in [0.29, 0.717) is 6.04 Å². The molecular formula is C7H13BN2O. The van der Waals surface area contributed by atoms with E-state index in [1.165, 1.54) is 0 Å². The Morgan fingerprint density at radius 3 is 2.64 bits per heavy atom. The Kier molecular flexibility index (Phi) is 2.68. The number of hydrogen-bond donors (Lipinski definition) is 1. The van der Waals surface area contributed by atoms with Gasteiger partial charge >= 0.3 is 0 Å². The lowest BCUT2D eigenvalue weighted by atomic mass is 10.1. The molecule has 0 bridgehead atoms. The maximum Gasteiger partial charge on any atom is 0.183 e. The molecule has 0 saturated carbocycles. The molecule has 1 aliphatic heterocycles. The summed E-state index contributed by atoms with van der Waals surface area (Å²) in [6, 6.07) is 0.293. The fourth-order valence-electron chi connectivity index (χ4n) is 1.47. The highest BCUT2D eigenvalue weighted by Gasteiger charge is 2.30. The van der Waals surface area contributed by atoms with E-state index in [1.54, 1.807) is 11.7 Å². The minimum absolute atomic E-state index is 0.0764. The van der Waals surface area contributed by atoms with Crippen LogP contribution in [0.25, 0.3) is 0 Å². The molecular weight excluding hydrogens is 139 g/mol. The summed E-state index contributed by atoms with van der Waals surface area (Å²) in [7, 11) is 7.51. The van der Waals surface area contributed by atoms with Crippen LogP contribution in [0, 0.1) is 0 Å². The fourth-order valence-corrected chi connectivity index (χ4v) is 1.47. The largest absolute Gasteiger partial charge is 0.344 e. The van der Waals surface area contributed by atoms with Gasteiger partial charge in [-0.1, -0.05) is 0 Å². The highest BCUT2D eigenvalue weighted by atomic mass is 16.1. The van der Waals surface area contributed by atoms with E-state index in [1.807, 2.05) is 7.05 Å². The van der Waals surface area contributed by atoms with Crippen LogP contribution in [-0.2, 0) is 4.79 Å². The smallest absolute Gasteiger partial charge is 0.183 e. The Balaban J connectivity index is 2.51. The Morgan fingerprint density at radius 2 is 2.36 bits per heavy atom. The minimum Gasteiger partial charge on any atom is -0.344 e. The Bertz CT molecular complexity index is 163. The van der Waals surface area contributed by atoms with Crippen molar-refractivity contribution in [1.29, 1.82) is 0 Å². The van der Waals surface area contributed by atoms with Gasteiger partial charge in [0.05, 0.1) is 6.04 Å². The van der Waals surface area contributed by atoms with E-state index < -0.39 is 0 Å². The van der Waals surface area contributed by atoms with Crippen LogP contribution in [0.3, 0.4) is 0 Å². The van der Waals surface area contributed by atoms with Gasteiger partial charge in [0, 0.05) is 12.6 Å². The van der Waals surface area contributed by atoms with Gasteiger partial charge in [-0.15, -0.1) is 0 Å². The highest BCUT2D eigenvalue weighted by molar-refractivity contribution is 6.07. The monoisotopic (exact) mass is 152 g/mol. The van der Waals surface area contributed by atoms with Gasteiger partial charge in [0.2, 0.25) is 0 Å². The first-order valence-corrected chi connectivity index (χ1v) is 3.84. The van der Waals surface area contributed by atoms with E-state index in [4.69, 9.17) is 7.98 Å². The Labute approximate surface area is 68.6 Å². The third kappa shape index (κ3) is 1.82. The molecule has 0 aliphatic carbocycles. The van der Waals surface area contributed by atoms with Crippen molar-refractivity contribution in [3.63, 3.8) is 0 Å². The van der Waals surface area contributed by atoms with Crippen LogP contribution in [0.2, 0.25) is 0 Å². The maximum absolute atomic E-state index is 11.0. The maximum atomic E-state index is 11.0. The van der Waals surface area contributed by atoms with Crippen molar-refractivity contribution in [2.24, 2.45) is 0 Å². The predicted octanol–water partition coefficient (Wildman–Crippen LogP) is -0.679. The first-order valence-electron chi connectivity index (χ1n) is 3.84. The van der Waals surface area contributed by atoms with Crippen LogP contribution in [-0.4, -0.2) is 44.3 Å². The van der Waals surface area contributed by atoms with Crippen molar-refractivity contribution >= 4 is 13.8 Å². The molecule has 4 heteroatoms. The second-order valence-corrected chi connectivity index (χ2v) is 3.04. The number of hydrogen-bond acceptors (Lipinski definition) is 3. The van der Waals surface area contributed by atoms with Gasteiger partial charge in [0.1, 0.15) is 5.78 Å². The molecule has 1 rings (SSSR count). The first-order chi connectivity index (χ1) is 5.15. The van der Waals surface area contributed by atoms with Crippen molar-refractivity contribution in [1.82, 2.24) is 10.1 Å². The molecule has 11 heavy (non-hydrogen) atoms. The molecule has 1 heterocycles. The van der Waals surface area contributed by atoms with Crippen LogP contribution in [0.1, 0.15) is 13.3 Å². The zero-order valence-electron chi connectivity index (χ0n) is 7.00. The van der Waals surface area contributed by atoms with Gasteiger partial charge in [-0.2, -0.15) is 0 Å². The number of ketones is 1. The Hall–Kier alpha value is -0.345. The summed E-state index contributed by atoms with van der Waals surface area (Å²) in [5.41, 5.74) is 0. The molecule has 2 radical (unpaired) electrons. The minimum atomic E-state index is -0.0764. The van der Waals surface area contributed by atoms with Gasteiger partial charge in [-0.3, -0.25) is 4.79 Å². The number of nitrogens with zero attached hydrogens (tertiary/aromatic N) is 1. The van der Waals surface area contributed by atoms with Crippen LogP contribution in [0.4, 0.5) is 0 Å². The topological polar surface area (TPSA) is 32.3 Å². The van der Waals surface area contributed by atoms with Gasteiger partial charge in [-0.05, 0) is 20.4 Å². The fraction of sp³-hybridized carbons (Fsp3) is 0.857. The summed E-state index contributed by atoms with van der Waals surface area (Å²) < 4.78 is 0. The lowest BCUT2D eigenvalue weighted by Gasteiger charge is -2.15. The van der Waals surface area contributed by atoms with Crippen LogP contribution >= 0.6 is 0 Å². The normalized spacial score (nSPS) is 32.5. The zero-order chi connectivity index (χ0) is 8.43. The molecule has 3 nitrogen and oxygen atoms in total. The third-order valence-electron chi connectivity index (χ3n) is 2.22. The molecule has 2 atom stereocenters. The SMILES string of the molecule is [B]N1CC(NC)CC1C(C)=O. The summed E-state index contributed by atoms with van der Waals surface area (Å²) in [4.78, 5) is 12.6. The van der Waals surface area contributed by atoms with Crippen molar-refractivity contribution in [2.75, 3.05) is 13.6 Å². The number of likely N-dealkylation sites (N-methyl/N-ethyl adjacent to an activating group) is 1. The molecule has 1 saturated heterocycles. The molecule has 0 aromatic heterocycles. The van der Waals surface area contributed by atoms with Crippen LogP contribution in [0.15, 0.2) is 0 Å². The average molecular weight is 152 g/mol. The second-order valence-electron chi connectivity index (χ2n) is 3.04. The number of carbonyl (C=O) groups is 1. The van der Waals surface area contributed by atoms with Crippen molar-refractivity contribution in [3.8, 4) is 0 Å². The van der Waals surface area contributed by atoms with E-state index >= 15 is 0 Å². The molecule has 2 unspecified atom stereocenters. The van der Waals surface area contributed by atoms with Gasteiger partial charge in [-0.25, -0.2) is 0 Å². The van der Waals surface area contributed by atoms with Crippen LogP contribution in [0.5, 0.6) is 0 Å². The first kappa shape index (κ1) is 8.75. The summed E-state index contributed by atoms with van der Waals surface area (Å²) >= 11 is 0. The zero-order valence-corrected chi connectivity index (χ0v) is 7.00. The van der Waals surface area contributed by atoms with E-state index in [-0.39, 0.29) is 11.8 Å². The van der Waals surface area contributed by atoms with Crippen molar-refractivity contribution in [3.05, 3.63) is 0 Å². The van der Waals surface area contributed by atoms with Gasteiger partial charge in [0.25, 0.3) is 0 Å². The third-order valence-corrected chi connectivity index (χ3v) is 2.22. The predicted molar refractivity (Wildman–Crippen MR) is 44.4 cm³/mol. The number of nitrogens with one attached hydrogen (secondary N) is 1. The second kappa shape index (κ2) is 3.37. The molecule has 1 fully saturated rings. The molecule has 0 spiro atoms. The highest BCUT2D eigenvalue weighted by Crippen LogP contribution is 2.15. The number of carbonyl (C=O) groups excluding carboxylic acids is 1. The van der Waals surface area contributed by atoms with Crippen molar-refractivity contribution in [2.45, 2.75) is 25.4 Å². The summed E-state index contributed by atoms with van der Waals surface area (Å²) in [5, 5.41) is 3.11. The van der Waals surface area contributed by atoms with E-state index in [2.05, 4.69) is 5.32 Å². The number of Topliss-reactive ketones (excluding diaryl/α,β-unsaturated/α-hetero) is 1. The molecule has 60 valence electrons. The summed E-state index contributed by atoms with van der Waals surface area (Å²) in [6.07, 6.45) is 0.836. The van der Waals surface area contributed by atoms with Gasteiger partial charge in [0.15, 0.2) is 7.98 Å². The quantitative estimate of drug-likeness (QED) is 0.532. The molecule has 1 aliphatic rings. The van der Waals surface area contributed by atoms with Gasteiger partial charge < -0.3 is 10.1 Å². The molecule has 1 N–H and O–H groups in total. The summed E-state index contributed by atoms with van der Waals surface area (Å²) in [6.45, 7) is 2.35.